The Morgan fingerprint density at radius 3 is 2.22 bits per heavy atom. The molecule has 0 aliphatic carbocycles. The maximum atomic E-state index is 12.5. The number of nitrogens with one attached hydrogen (secondary N) is 1. The quantitative estimate of drug-likeness (QED) is 0.159. The maximum absolute atomic E-state index is 12.5. The Bertz CT molecular complexity index is 1850. The average molecular weight is 683 g/mol. The number of carbonyl (C=O) groups excluding carboxylic acids is 1. The van der Waals surface area contributed by atoms with Crippen LogP contribution in [0.1, 0.15) is 57.5 Å². The summed E-state index contributed by atoms with van der Waals surface area (Å²) in [5.41, 5.74) is 8.00. The molecule has 0 unspecified atom stereocenters. The van der Waals surface area contributed by atoms with E-state index in [1.165, 1.54) is 5.56 Å². The summed E-state index contributed by atoms with van der Waals surface area (Å²) < 4.78 is 13.5. The largest absolute Gasteiger partial charge is 0.392 e. The minimum atomic E-state index is -0.517. The molecule has 4 atom stereocenters. The van der Waals surface area contributed by atoms with E-state index in [0.717, 1.165) is 72.6 Å². The van der Waals surface area contributed by atoms with Gasteiger partial charge in [-0.2, -0.15) is 0 Å². The van der Waals surface area contributed by atoms with Crippen LogP contribution < -0.4 is 5.32 Å². The van der Waals surface area contributed by atoms with Crippen LogP contribution in [-0.4, -0.2) is 64.6 Å². The molecule has 0 radical (unpaired) electrons. The minimum Gasteiger partial charge on any atom is -0.392 e. The van der Waals surface area contributed by atoms with Gasteiger partial charge in [-0.25, -0.2) is 0 Å². The molecule has 7 rings (SSSR count). The van der Waals surface area contributed by atoms with Gasteiger partial charge in [-0.3, -0.25) is 19.6 Å². The third-order valence-corrected chi connectivity index (χ3v) is 10.1. The monoisotopic (exact) mass is 682 g/mol. The van der Waals surface area contributed by atoms with E-state index >= 15 is 0 Å². The Balaban J connectivity index is 1.03. The SMILES string of the molecule is C[C@@H]1[C@H](CN2CCN(Cc3ccccc3)CC2)O[C@H](c2ccc(-c3cccc(CNC(=O)c4cccnc4)c3)cc2)O[C@@H]1c1ccc(CO)cc1. The van der Waals surface area contributed by atoms with Crippen LogP contribution in [0.5, 0.6) is 0 Å². The van der Waals surface area contributed by atoms with E-state index in [-0.39, 0.29) is 30.6 Å². The lowest BCUT2D eigenvalue weighted by Gasteiger charge is -2.44. The highest BCUT2D eigenvalue weighted by molar-refractivity contribution is 5.93. The molecule has 3 heterocycles. The number of benzene rings is 4. The molecule has 2 saturated heterocycles. The lowest BCUT2D eigenvalue weighted by molar-refractivity contribution is -0.276. The molecule has 8 nitrogen and oxygen atoms in total. The second-order valence-corrected chi connectivity index (χ2v) is 13.6. The molecule has 2 aliphatic rings. The Hall–Kier alpha value is -4.70. The van der Waals surface area contributed by atoms with Crippen LogP contribution in [0.15, 0.2) is 128 Å². The summed E-state index contributed by atoms with van der Waals surface area (Å²) in [5.74, 6) is -0.0184. The summed E-state index contributed by atoms with van der Waals surface area (Å²) >= 11 is 0. The number of nitrogens with zero attached hydrogens (tertiary/aromatic N) is 3. The van der Waals surface area contributed by atoms with Crippen molar-refractivity contribution >= 4 is 5.91 Å². The van der Waals surface area contributed by atoms with Gasteiger partial charge in [-0.15, -0.1) is 0 Å². The topological polar surface area (TPSA) is 87.2 Å². The third kappa shape index (κ3) is 8.79. The number of pyridine rings is 1. The van der Waals surface area contributed by atoms with Gasteiger partial charge >= 0.3 is 0 Å². The van der Waals surface area contributed by atoms with Crippen molar-refractivity contribution in [3.63, 3.8) is 0 Å². The van der Waals surface area contributed by atoms with Crippen LogP contribution in [0.2, 0.25) is 0 Å². The van der Waals surface area contributed by atoms with Gasteiger partial charge in [0.15, 0.2) is 6.29 Å². The molecular formula is C43H46N4O4. The fraction of sp³-hybridized carbons (Fsp3) is 0.302. The number of rotatable bonds is 11. The van der Waals surface area contributed by atoms with E-state index < -0.39 is 6.29 Å². The highest BCUT2D eigenvalue weighted by Gasteiger charge is 2.39. The van der Waals surface area contributed by atoms with E-state index in [1.807, 2.05) is 24.3 Å². The predicted molar refractivity (Wildman–Crippen MR) is 198 cm³/mol. The van der Waals surface area contributed by atoms with Gasteiger partial charge < -0.3 is 19.9 Å². The van der Waals surface area contributed by atoms with Crippen molar-refractivity contribution in [1.82, 2.24) is 20.1 Å². The summed E-state index contributed by atoms with van der Waals surface area (Å²) in [6, 6.07) is 38.9. The van der Waals surface area contributed by atoms with E-state index in [4.69, 9.17) is 9.47 Å². The van der Waals surface area contributed by atoms with Crippen LogP contribution in [0, 0.1) is 5.92 Å². The van der Waals surface area contributed by atoms with Crippen molar-refractivity contribution in [1.29, 1.82) is 0 Å². The summed E-state index contributed by atoms with van der Waals surface area (Å²) in [6.45, 7) is 8.55. The van der Waals surface area contributed by atoms with Crippen molar-refractivity contribution in [3.05, 3.63) is 161 Å². The number of hydrogen-bond donors (Lipinski definition) is 2. The summed E-state index contributed by atoms with van der Waals surface area (Å²) in [4.78, 5) is 21.6. The number of aliphatic hydroxyl groups excluding tert-OH is 1. The van der Waals surface area contributed by atoms with Crippen LogP contribution in [0.3, 0.4) is 0 Å². The van der Waals surface area contributed by atoms with Crippen LogP contribution in [0.25, 0.3) is 11.1 Å². The van der Waals surface area contributed by atoms with Crippen molar-refractivity contribution < 1.29 is 19.4 Å². The zero-order valence-electron chi connectivity index (χ0n) is 29.1. The number of carbonyl (C=O) groups is 1. The molecule has 8 heteroatoms. The number of amides is 1. The van der Waals surface area contributed by atoms with Gasteiger partial charge in [0.05, 0.1) is 24.4 Å². The highest BCUT2D eigenvalue weighted by atomic mass is 16.7. The summed E-state index contributed by atoms with van der Waals surface area (Å²) in [5, 5.41) is 12.6. The Morgan fingerprint density at radius 1 is 0.765 bits per heavy atom. The van der Waals surface area contributed by atoms with Gasteiger partial charge in [0.1, 0.15) is 0 Å². The van der Waals surface area contributed by atoms with Gasteiger partial charge in [0, 0.05) is 69.7 Å². The Morgan fingerprint density at radius 2 is 1.49 bits per heavy atom. The maximum Gasteiger partial charge on any atom is 0.253 e. The number of piperazine rings is 1. The van der Waals surface area contributed by atoms with Crippen molar-refractivity contribution in [2.75, 3.05) is 32.7 Å². The smallest absolute Gasteiger partial charge is 0.253 e. The fourth-order valence-corrected chi connectivity index (χ4v) is 7.03. The van der Waals surface area contributed by atoms with Gasteiger partial charge in [0.25, 0.3) is 5.91 Å². The van der Waals surface area contributed by atoms with Gasteiger partial charge in [-0.05, 0) is 51.6 Å². The first-order chi connectivity index (χ1) is 25.0. The summed E-state index contributed by atoms with van der Waals surface area (Å²) in [6.07, 6.45) is 2.53. The number of ether oxygens (including phenoxy) is 2. The number of hydrogen-bond acceptors (Lipinski definition) is 7. The molecule has 2 fully saturated rings. The van der Waals surface area contributed by atoms with E-state index in [2.05, 4.69) is 106 Å². The van der Waals surface area contributed by atoms with E-state index in [1.54, 1.807) is 24.5 Å². The van der Waals surface area contributed by atoms with Crippen LogP contribution in [-0.2, 0) is 29.2 Å². The Kier molecular flexibility index (Phi) is 11.3. The van der Waals surface area contributed by atoms with E-state index in [0.29, 0.717) is 12.1 Å². The van der Waals surface area contributed by atoms with Crippen molar-refractivity contribution in [3.8, 4) is 11.1 Å². The zero-order chi connectivity index (χ0) is 35.0. The molecule has 2 N–H and O–H groups in total. The second kappa shape index (κ2) is 16.5. The molecular weight excluding hydrogens is 636 g/mol. The fourth-order valence-electron chi connectivity index (χ4n) is 7.03. The number of aliphatic hydroxyl groups is 1. The van der Waals surface area contributed by atoms with Crippen molar-refractivity contribution in [2.24, 2.45) is 5.92 Å². The standard InChI is InChI=1S/C43H46N4O4/c1-31-40(29-47-23-21-46(22-24-47)28-32-7-3-2-4-8-32)50-43(51-41(31)36-14-12-33(30-48)13-15-36)37-18-16-35(17-19-37)38-10-5-9-34(25-38)26-45-42(49)39-11-6-20-44-27-39/h2-20,25,27,31,40-41,43,48H,21-24,26,28-30H2,1H3,(H,45,49)/t31-,40+,41+,43+/m1/s1. The molecule has 1 amide bonds. The Labute approximate surface area is 300 Å². The lowest BCUT2D eigenvalue weighted by atomic mass is 9.89. The molecule has 0 saturated carbocycles. The van der Waals surface area contributed by atoms with E-state index in [9.17, 15) is 9.90 Å². The third-order valence-electron chi connectivity index (χ3n) is 10.1. The molecule has 0 spiro atoms. The molecule has 51 heavy (non-hydrogen) atoms. The molecule has 262 valence electrons. The zero-order valence-corrected chi connectivity index (χ0v) is 29.1. The normalized spacial score (nSPS) is 21.3. The highest BCUT2D eigenvalue weighted by Crippen LogP contribution is 2.42. The van der Waals surface area contributed by atoms with Gasteiger partial charge in [0.2, 0.25) is 0 Å². The average Bonchev–Trinajstić information content (AvgIpc) is 3.19. The predicted octanol–water partition coefficient (Wildman–Crippen LogP) is 6.78. The number of aromatic nitrogens is 1. The first kappa shape index (κ1) is 34.7. The van der Waals surface area contributed by atoms with Gasteiger partial charge in [-0.1, -0.05) is 104 Å². The van der Waals surface area contributed by atoms with Crippen LogP contribution in [0.4, 0.5) is 0 Å². The molecule has 4 aromatic carbocycles. The first-order valence-corrected chi connectivity index (χ1v) is 17.9. The van der Waals surface area contributed by atoms with Crippen LogP contribution >= 0.6 is 0 Å². The molecule has 0 bridgehead atoms. The molecule has 5 aromatic rings. The lowest BCUT2D eigenvalue weighted by Crippen LogP contribution is -2.51. The second-order valence-electron chi connectivity index (χ2n) is 13.6. The molecule has 1 aromatic heterocycles. The first-order valence-electron chi connectivity index (χ1n) is 17.9. The summed E-state index contributed by atoms with van der Waals surface area (Å²) in [7, 11) is 0. The molecule has 2 aliphatic heterocycles. The van der Waals surface area contributed by atoms with Crippen molar-refractivity contribution in [2.45, 2.75) is 45.1 Å². The minimum absolute atomic E-state index is 0.0151.